The molecule has 86 valence electrons. The number of hydrogen-bond donors (Lipinski definition) is 1. The number of aromatic nitrogens is 1. The van der Waals surface area contributed by atoms with Crippen molar-refractivity contribution in [2.75, 3.05) is 25.6 Å². The normalized spacial score (nSPS) is 9.75. The minimum absolute atomic E-state index is 0.636. The fourth-order valence-corrected chi connectivity index (χ4v) is 1.36. The van der Waals surface area contributed by atoms with Crippen molar-refractivity contribution in [3.05, 3.63) is 23.9 Å². The maximum Gasteiger partial charge on any atom is 0.127 e. The van der Waals surface area contributed by atoms with Crippen molar-refractivity contribution in [1.82, 2.24) is 4.98 Å². The van der Waals surface area contributed by atoms with E-state index in [-0.39, 0.29) is 0 Å². The quantitative estimate of drug-likeness (QED) is 0.714. The van der Waals surface area contributed by atoms with Crippen molar-refractivity contribution in [1.29, 1.82) is 5.26 Å². The van der Waals surface area contributed by atoms with Gasteiger partial charge in [0.2, 0.25) is 0 Å². The first-order valence-corrected chi connectivity index (χ1v) is 5.46. The number of nitrogens with zero attached hydrogens (tertiary/aromatic N) is 2. The summed E-state index contributed by atoms with van der Waals surface area (Å²) < 4.78 is 4.97. The standard InChI is InChI=1S/C12H17N3O/c1-16-8-4-2-3-6-14-12-9-11(10-13)5-7-15-12/h5,7,9H,2-4,6,8H2,1H3,(H,14,15). The number of anilines is 1. The summed E-state index contributed by atoms with van der Waals surface area (Å²) in [5, 5.41) is 11.9. The Bertz CT molecular complexity index is 346. The summed E-state index contributed by atoms with van der Waals surface area (Å²) in [5.41, 5.74) is 0.636. The number of methoxy groups -OCH3 is 1. The zero-order valence-electron chi connectivity index (χ0n) is 9.57. The zero-order valence-corrected chi connectivity index (χ0v) is 9.57. The third-order valence-electron chi connectivity index (χ3n) is 2.22. The van der Waals surface area contributed by atoms with Crippen LogP contribution in [0.3, 0.4) is 0 Å². The lowest BCUT2D eigenvalue weighted by atomic mass is 10.2. The van der Waals surface area contributed by atoms with Crippen LogP contribution in [0.5, 0.6) is 0 Å². The van der Waals surface area contributed by atoms with Gasteiger partial charge in [-0.25, -0.2) is 4.98 Å². The average molecular weight is 219 g/mol. The summed E-state index contributed by atoms with van der Waals surface area (Å²) in [6.45, 7) is 1.70. The molecule has 1 rings (SSSR count). The maximum atomic E-state index is 8.71. The van der Waals surface area contributed by atoms with Crippen LogP contribution in [0.25, 0.3) is 0 Å². The molecule has 0 aromatic carbocycles. The zero-order chi connectivity index (χ0) is 11.6. The number of hydrogen-bond acceptors (Lipinski definition) is 4. The van der Waals surface area contributed by atoms with Crippen LogP contribution in [0, 0.1) is 11.3 Å². The summed E-state index contributed by atoms with van der Waals surface area (Å²) in [6.07, 6.45) is 4.95. The van der Waals surface area contributed by atoms with Gasteiger partial charge in [0.1, 0.15) is 5.82 Å². The highest BCUT2D eigenvalue weighted by molar-refractivity contribution is 5.42. The van der Waals surface area contributed by atoms with Crippen LogP contribution >= 0.6 is 0 Å². The first kappa shape index (κ1) is 12.5. The molecule has 1 aromatic heterocycles. The molecular weight excluding hydrogens is 202 g/mol. The summed E-state index contributed by atoms with van der Waals surface area (Å²) in [4.78, 5) is 4.13. The maximum absolute atomic E-state index is 8.71. The highest BCUT2D eigenvalue weighted by atomic mass is 16.5. The van der Waals surface area contributed by atoms with Crippen molar-refractivity contribution in [3.8, 4) is 6.07 Å². The minimum Gasteiger partial charge on any atom is -0.385 e. The molecule has 0 saturated carbocycles. The second-order valence-electron chi connectivity index (χ2n) is 3.52. The van der Waals surface area contributed by atoms with E-state index in [0.717, 1.165) is 38.2 Å². The van der Waals surface area contributed by atoms with E-state index in [1.54, 1.807) is 25.4 Å². The summed E-state index contributed by atoms with van der Waals surface area (Å²) in [6, 6.07) is 5.55. The molecule has 1 N–H and O–H groups in total. The van der Waals surface area contributed by atoms with Gasteiger partial charge in [-0.1, -0.05) is 0 Å². The number of ether oxygens (including phenoxy) is 1. The molecule has 0 radical (unpaired) electrons. The van der Waals surface area contributed by atoms with E-state index in [0.29, 0.717) is 5.56 Å². The molecule has 0 atom stereocenters. The Morgan fingerprint density at radius 2 is 2.31 bits per heavy atom. The molecule has 0 aliphatic rings. The Hall–Kier alpha value is -1.60. The molecule has 0 amide bonds. The van der Waals surface area contributed by atoms with E-state index in [2.05, 4.69) is 16.4 Å². The van der Waals surface area contributed by atoms with Gasteiger partial charge >= 0.3 is 0 Å². The number of unbranched alkanes of at least 4 members (excludes halogenated alkanes) is 2. The molecule has 0 aliphatic heterocycles. The van der Waals surface area contributed by atoms with Crippen LogP contribution in [0.4, 0.5) is 5.82 Å². The summed E-state index contributed by atoms with van der Waals surface area (Å²) >= 11 is 0. The van der Waals surface area contributed by atoms with E-state index < -0.39 is 0 Å². The Morgan fingerprint density at radius 1 is 1.44 bits per heavy atom. The molecule has 0 saturated heterocycles. The highest BCUT2D eigenvalue weighted by Gasteiger charge is 1.95. The minimum atomic E-state index is 0.636. The topological polar surface area (TPSA) is 57.9 Å². The average Bonchev–Trinajstić information content (AvgIpc) is 2.34. The van der Waals surface area contributed by atoms with E-state index in [4.69, 9.17) is 10.00 Å². The molecule has 1 heterocycles. The smallest absolute Gasteiger partial charge is 0.127 e. The molecule has 4 nitrogen and oxygen atoms in total. The molecule has 4 heteroatoms. The number of nitrogens with one attached hydrogen (secondary N) is 1. The van der Waals surface area contributed by atoms with E-state index in [9.17, 15) is 0 Å². The van der Waals surface area contributed by atoms with Crippen LogP contribution in [-0.4, -0.2) is 25.2 Å². The third-order valence-corrected chi connectivity index (χ3v) is 2.22. The van der Waals surface area contributed by atoms with Crippen molar-refractivity contribution in [3.63, 3.8) is 0 Å². The molecule has 0 unspecified atom stereocenters. The largest absolute Gasteiger partial charge is 0.385 e. The number of pyridine rings is 1. The molecule has 16 heavy (non-hydrogen) atoms. The molecule has 0 aliphatic carbocycles. The monoisotopic (exact) mass is 219 g/mol. The van der Waals surface area contributed by atoms with Gasteiger partial charge in [0.25, 0.3) is 0 Å². The summed E-state index contributed by atoms with van der Waals surface area (Å²) in [7, 11) is 1.72. The lowest BCUT2D eigenvalue weighted by Crippen LogP contribution is -2.03. The van der Waals surface area contributed by atoms with E-state index in [1.165, 1.54) is 0 Å². The van der Waals surface area contributed by atoms with Gasteiger partial charge in [0, 0.05) is 26.5 Å². The van der Waals surface area contributed by atoms with Gasteiger partial charge in [-0.3, -0.25) is 0 Å². The molecular formula is C12H17N3O. The SMILES string of the molecule is COCCCCCNc1cc(C#N)ccn1. The Balaban J connectivity index is 2.19. The Morgan fingerprint density at radius 3 is 3.06 bits per heavy atom. The number of nitriles is 1. The van der Waals surface area contributed by atoms with Crippen molar-refractivity contribution in [2.45, 2.75) is 19.3 Å². The fourth-order valence-electron chi connectivity index (χ4n) is 1.36. The second-order valence-corrected chi connectivity index (χ2v) is 3.52. The van der Waals surface area contributed by atoms with Crippen LogP contribution in [0.15, 0.2) is 18.3 Å². The predicted octanol–water partition coefficient (Wildman–Crippen LogP) is 2.18. The lowest BCUT2D eigenvalue weighted by molar-refractivity contribution is 0.192. The fraction of sp³-hybridized carbons (Fsp3) is 0.500. The van der Waals surface area contributed by atoms with Crippen molar-refractivity contribution in [2.24, 2.45) is 0 Å². The first-order valence-electron chi connectivity index (χ1n) is 5.46. The van der Waals surface area contributed by atoms with Crippen LogP contribution in [-0.2, 0) is 4.74 Å². The van der Waals surface area contributed by atoms with Crippen molar-refractivity contribution < 1.29 is 4.74 Å². The molecule has 1 aromatic rings. The van der Waals surface area contributed by atoms with Gasteiger partial charge in [0.05, 0.1) is 11.6 Å². The lowest BCUT2D eigenvalue weighted by Gasteiger charge is -2.05. The van der Waals surface area contributed by atoms with Gasteiger partial charge in [0.15, 0.2) is 0 Å². The van der Waals surface area contributed by atoms with Crippen molar-refractivity contribution >= 4 is 5.82 Å². The van der Waals surface area contributed by atoms with E-state index >= 15 is 0 Å². The first-order chi connectivity index (χ1) is 7.86. The molecule has 0 spiro atoms. The van der Waals surface area contributed by atoms with Crippen LogP contribution in [0.2, 0.25) is 0 Å². The van der Waals surface area contributed by atoms with Gasteiger partial charge in [-0.2, -0.15) is 5.26 Å². The number of rotatable bonds is 7. The van der Waals surface area contributed by atoms with Gasteiger partial charge in [-0.15, -0.1) is 0 Å². The summed E-state index contributed by atoms with van der Waals surface area (Å²) in [5.74, 6) is 0.769. The Kier molecular flexibility index (Phi) is 5.97. The highest BCUT2D eigenvalue weighted by Crippen LogP contribution is 2.06. The van der Waals surface area contributed by atoms with E-state index in [1.807, 2.05) is 0 Å². The third kappa shape index (κ3) is 4.76. The van der Waals surface area contributed by atoms with Crippen LogP contribution in [0.1, 0.15) is 24.8 Å². The molecule has 0 fully saturated rings. The molecule has 0 bridgehead atoms. The Labute approximate surface area is 96.3 Å². The van der Waals surface area contributed by atoms with Gasteiger partial charge in [-0.05, 0) is 31.4 Å². The van der Waals surface area contributed by atoms with Gasteiger partial charge < -0.3 is 10.1 Å². The predicted molar refractivity (Wildman–Crippen MR) is 63.2 cm³/mol. The van der Waals surface area contributed by atoms with Crippen LogP contribution < -0.4 is 5.32 Å². The second kappa shape index (κ2) is 7.66.